The minimum atomic E-state index is -3.53. The second-order valence-corrected chi connectivity index (χ2v) is 4.80. The number of aliphatic hydroxyl groups is 2. The van der Waals surface area contributed by atoms with Crippen molar-refractivity contribution < 1.29 is 22.8 Å². The molecule has 12 heavy (non-hydrogen) atoms. The van der Waals surface area contributed by atoms with Crippen molar-refractivity contribution in [3.8, 4) is 0 Å². The van der Waals surface area contributed by atoms with Gasteiger partial charge in [0, 0.05) is 4.43 Å². The van der Waals surface area contributed by atoms with E-state index in [4.69, 9.17) is 10.2 Å². The normalized spacial score (nSPS) is 17.3. The molecule has 5 nitrogen and oxygen atoms in total. The Hall–Kier alpha value is 0.560. The van der Waals surface area contributed by atoms with Crippen molar-refractivity contribution in [3.63, 3.8) is 0 Å². The smallest absolute Gasteiger partial charge is 0.264 e. The zero-order valence-corrected chi connectivity index (χ0v) is 9.45. The standard InChI is InChI=1S/C5H11IO5S/c1-12(9,10)11-3-5(8)4(7)2-6/h4-5,7-8H,2-3H2,1H3/t4-,5-/m1/s1. The molecule has 0 fully saturated rings. The van der Waals surface area contributed by atoms with Crippen LogP contribution in [0, 0.1) is 0 Å². The Morgan fingerprint density at radius 1 is 1.42 bits per heavy atom. The van der Waals surface area contributed by atoms with Gasteiger partial charge in [-0.2, -0.15) is 8.42 Å². The van der Waals surface area contributed by atoms with Crippen molar-refractivity contribution in [1.29, 1.82) is 0 Å². The van der Waals surface area contributed by atoms with E-state index in [-0.39, 0.29) is 0 Å². The number of alkyl halides is 1. The van der Waals surface area contributed by atoms with Gasteiger partial charge in [0.05, 0.1) is 19.0 Å². The maximum atomic E-state index is 10.4. The highest BCUT2D eigenvalue weighted by Gasteiger charge is 2.16. The average Bonchev–Trinajstić information content (AvgIpc) is 1.97. The monoisotopic (exact) mass is 310 g/mol. The van der Waals surface area contributed by atoms with Gasteiger partial charge in [-0.05, 0) is 0 Å². The van der Waals surface area contributed by atoms with Crippen LogP contribution >= 0.6 is 22.6 Å². The molecule has 0 aliphatic heterocycles. The largest absolute Gasteiger partial charge is 0.390 e. The van der Waals surface area contributed by atoms with E-state index >= 15 is 0 Å². The second kappa shape index (κ2) is 5.32. The first-order valence-corrected chi connectivity index (χ1v) is 6.47. The van der Waals surface area contributed by atoms with Crippen LogP contribution in [0.1, 0.15) is 0 Å². The summed E-state index contributed by atoms with van der Waals surface area (Å²) < 4.78 is 25.5. The Balaban J connectivity index is 3.79. The number of rotatable bonds is 5. The predicted octanol–water partition coefficient (Wildman–Crippen LogP) is -0.881. The second-order valence-electron chi connectivity index (χ2n) is 2.28. The highest BCUT2D eigenvalue weighted by atomic mass is 127. The molecule has 0 radical (unpaired) electrons. The van der Waals surface area contributed by atoms with Crippen LogP contribution in [0.25, 0.3) is 0 Å². The third kappa shape index (κ3) is 6.12. The Morgan fingerprint density at radius 3 is 2.25 bits per heavy atom. The summed E-state index contributed by atoms with van der Waals surface area (Å²) in [7, 11) is -3.53. The molecule has 0 aromatic heterocycles. The van der Waals surface area contributed by atoms with Crippen LogP contribution in [0.5, 0.6) is 0 Å². The predicted molar refractivity (Wildman–Crippen MR) is 51.7 cm³/mol. The lowest BCUT2D eigenvalue weighted by atomic mass is 10.2. The molecule has 0 rings (SSSR count). The van der Waals surface area contributed by atoms with Gasteiger partial charge in [-0.1, -0.05) is 22.6 Å². The van der Waals surface area contributed by atoms with Gasteiger partial charge in [0.25, 0.3) is 10.1 Å². The van der Waals surface area contributed by atoms with E-state index in [9.17, 15) is 8.42 Å². The quantitative estimate of drug-likeness (QED) is 0.391. The van der Waals surface area contributed by atoms with Gasteiger partial charge < -0.3 is 10.2 Å². The Labute approximate surface area is 85.0 Å². The molecule has 0 heterocycles. The zero-order valence-electron chi connectivity index (χ0n) is 6.47. The summed E-state index contributed by atoms with van der Waals surface area (Å²) in [5, 5.41) is 18.0. The van der Waals surface area contributed by atoms with E-state index in [1.807, 2.05) is 22.6 Å². The summed E-state index contributed by atoms with van der Waals surface area (Å²) in [5.74, 6) is 0. The molecular weight excluding hydrogens is 299 g/mol. The van der Waals surface area contributed by atoms with E-state index in [1.165, 1.54) is 0 Å². The number of hydrogen-bond donors (Lipinski definition) is 2. The summed E-state index contributed by atoms with van der Waals surface area (Å²) in [5.41, 5.74) is 0. The number of halogens is 1. The molecule has 0 saturated carbocycles. The van der Waals surface area contributed by atoms with Crippen molar-refractivity contribution >= 4 is 32.7 Å². The third-order valence-corrected chi connectivity index (χ3v) is 2.52. The Kier molecular flexibility index (Phi) is 5.57. The minimum absolute atomic E-state index is 0.325. The van der Waals surface area contributed by atoms with Gasteiger partial charge in [-0.25, -0.2) is 0 Å². The van der Waals surface area contributed by atoms with Gasteiger partial charge in [0.1, 0.15) is 6.10 Å². The first-order chi connectivity index (χ1) is 5.37. The highest BCUT2D eigenvalue weighted by Crippen LogP contribution is 2.00. The minimum Gasteiger partial charge on any atom is -0.390 e. The van der Waals surface area contributed by atoms with Crippen molar-refractivity contribution in [2.75, 3.05) is 17.3 Å². The van der Waals surface area contributed by atoms with Crippen molar-refractivity contribution in [1.82, 2.24) is 0 Å². The van der Waals surface area contributed by atoms with Gasteiger partial charge in [-0.3, -0.25) is 4.18 Å². The van der Waals surface area contributed by atoms with Gasteiger partial charge >= 0.3 is 0 Å². The van der Waals surface area contributed by atoms with E-state index in [2.05, 4.69) is 4.18 Å². The number of aliphatic hydroxyl groups excluding tert-OH is 2. The summed E-state index contributed by atoms with van der Waals surface area (Å²) in [6, 6.07) is 0. The van der Waals surface area contributed by atoms with E-state index in [0.717, 1.165) is 6.26 Å². The molecular formula is C5H11IO5S. The first kappa shape index (κ1) is 12.6. The van der Waals surface area contributed by atoms with E-state index < -0.39 is 28.9 Å². The molecule has 0 aliphatic carbocycles. The fourth-order valence-corrected chi connectivity index (χ4v) is 1.38. The molecule has 2 atom stereocenters. The molecule has 0 amide bonds. The van der Waals surface area contributed by atoms with Gasteiger partial charge in [0.15, 0.2) is 0 Å². The topological polar surface area (TPSA) is 83.8 Å². The molecule has 7 heteroatoms. The van der Waals surface area contributed by atoms with Crippen molar-refractivity contribution in [3.05, 3.63) is 0 Å². The molecule has 0 bridgehead atoms. The maximum Gasteiger partial charge on any atom is 0.264 e. The van der Waals surface area contributed by atoms with Crippen LogP contribution in [0.4, 0.5) is 0 Å². The highest BCUT2D eigenvalue weighted by molar-refractivity contribution is 14.1. The maximum absolute atomic E-state index is 10.4. The molecule has 0 spiro atoms. The molecule has 0 unspecified atom stereocenters. The molecule has 0 aromatic rings. The van der Waals surface area contributed by atoms with E-state index in [1.54, 1.807) is 0 Å². The average molecular weight is 310 g/mol. The molecule has 0 aromatic carbocycles. The fourth-order valence-electron chi connectivity index (χ4n) is 0.407. The lowest BCUT2D eigenvalue weighted by Gasteiger charge is -2.14. The van der Waals surface area contributed by atoms with Crippen LogP contribution in [0.15, 0.2) is 0 Å². The van der Waals surface area contributed by atoms with Crippen LogP contribution in [-0.4, -0.2) is 48.1 Å². The van der Waals surface area contributed by atoms with Crippen molar-refractivity contribution in [2.24, 2.45) is 0 Å². The SMILES string of the molecule is CS(=O)(=O)OC[C@@H](O)[C@H](O)CI. The molecule has 0 saturated heterocycles. The summed E-state index contributed by atoms with van der Waals surface area (Å²) in [6.45, 7) is -0.400. The summed E-state index contributed by atoms with van der Waals surface area (Å²) >= 11 is 1.87. The molecule has 2 N–H and O–H groups in total. The van der Waals surface area contributed by atoms with Crippen molar-refractivity contribution in [2.45, 2.75) is 12.2 Å². The summed E-state index contributed by atoms with van der Waals surface area (Å²) in [4.78, 5) is 0. The zero-order chi connectivity index (χ0) is 9.78. The third-order valence-electron chi connectivity index (χ3n) is 1.06. The first-order valence-electron chi connectivity index (χ1n) is 3.13. The van der Waals surface area contributed by atoms with Crippen LogP contribution < -0.4 is 0 Å². The van der Waals surface area contributed by atoms with Gasteiger partial charge in [-0.15, -0.1) is 0 Å². The molecule has 0 aliphatic rings. The van der Waals surface area contributed by atoms with Crippen LogP contribution in [0.3, 0.4) is 0 Å². The Morgan fingerprint density at radius 2 is 1.92 bits per heavy atom. The fraction of sp³-hybridized carbons (Fsp3) is 1.00. The summed E-state index contributed by atoms with van der Waals surface area (Å²) in [6.07, 6.45) is -1.22. The number of hydrogen-bond acceptors (Lipinski definition) is 5. The lowest BCUT2D eigenvalue weighted by molar-refractivity contribution is 0.00787. The van der Waals surface area contributed by atoms with E-state index in [0.29, 0.717) is 4.43 Å². The Bertz CT molecular complexity index is 214. The van der Waals surface area contributed by atoms with Gasteiger partial charge in [0.2, 0.25) is 0 Å². The molecule has 74 valence electrons. The van der Waals surface area contributed by atoms with Crippen LogP contribution in [-0.2, 0) is 14.3 Å². The van der Waals surface area contributed by atoms with Crippen LogP contribution in [0.2, 0.25) is 0 Å². The lowest BCUT2D eigenvalue weighted by Crippen LogP contribution is -2.32.